The standard InChI is InChI=1S/C20H20N4O2S2/c1-21-28(25,26)16-7-6-15(17(10-16)19-11-24(2)12-22-19)5-3-14-4-8-20-18(9-14)23-13-27-20/h4,6-13,21H,3,5H2,1-2H3. The lowest BCUT2D eigenvalue weighted by Gasteiger charge is -2.11. The third-order valence-electron chi connectivity index (χ3n) is 4.72. The maximum absolute atomic E-state index is 12.2. The van der Waals surface area contributed by atoms with Crippen molar-refractivity contribution in [3.63, 3.8) is 0 Å². The lowest BCUT2D eigenvalue weighted by molar-refractivity contribution is 0.588. The fourth-order valence-corrected chi connectivity index (χ4v) is 4.60. The largest absolute Gasteiger partial charge is 0.340 e. The molecule has 144 valence electrons. The van der Waals surface area contributed by atoms with Crippen LogP contribution in [0, 0.1) is 0 Å². The van der Waals surface area contributed by atoms with Crippen LogP contribution in [0.5, 0.6) is 0 Å². The van der Waals surface area contributed by atoms with E-state index in [-0.39, 0.29) is 4.90 Å². The Morgan fingerprint density at radius 3 is 2.71 bits per heavy atom. The zero-order valence-corrected chi connectivity index (χ0v) is 17.2. The summed E-state index contributed by atoms with van der Waals surface area (Å²) in [5, 5.41) is 0. The Hall–Kier alpha value is -2.55. The Morgan fingerprint density at radius 2 is 1.96 bits per heavy atom. The molecule has 28 heavy (non-hydrogen) atoms. The molecule has 0 atom stereocenters. The first kappa shape index (κ1) is 18.8. The number of nitrogens with one attached hydrogen (secondary N) is 1. The highest BCUT2D eigenvalue weighted by molar-refractivity contribution is 7.89. The lowest BCUT2D eigenvalue weighted by atomic mass is 9.98. The van der Waals surface area contributed by atoms with Crippen LogP contribution in [0.15, 0.2) is 59.3 Å². The van der Waals surface area contributed by atoms with Crippen LogP contribution in [0.4, 0.5) is 0 Å². The van der Waals surface area contributed by atoms with Gasteiger partial charge in [0.15, 0.2) is 0 Å². The van der Waals surface area contributed by atoms with Crippen LogP contribution in [0.2, 0.25) is 0 Å². The molecule has 0 radical (unpaired) electrons. The van der Waals surface area contributed by atoms with E-state index >= 15 is 0 Å². The number of benzene rings is 2. The van der Waals surface area contributed by atoms with Crippen molar-refractivity contribution in [1.29, 1.82) is 0 Å². The molecule has 0 spiro atoms. The van der Waals surface area contributed by atoms with E-state index in [2.05, 4.69) is 32.9 Å². The third kappa shape index (κ3) is 3.71. The molecule has 4 rings (SSSR count). The van der Waals surface area contributed by atoms with E-state index in [1.807, 2.05) is 29.4 Å². The smallest absolute Gasteiger partial charge is 0.240 e. The maximum Gasteiger partial charge on any atom is 0.240 e. The number of nitrogens with zero attached hydrogens (tertiary/aromatic N) is 3. The number of fused-ring (bicyclic) bond motifs is 1. The summed E-state index contributed by atoms with van der Waals surface area (Å²) in [6.07, 6.45) is 5.23. The molecule has 0 aliphatic carbocycles. The van der Waals surface area contributed by atoms with Gasteiger partial charge in [-0.3, -0.25) is 0 Å². The van der Waals surface area contributed by atoms with Crippen molar-refractivity contribution in [3.8, 4) is 11.3 Å². The van der Waals surface area contributed by atoms with Crippen molar-refractivity contribution in [2.24, 2.45) is 7.05 Å². The van der Waals surface area contributed by atoms with Crippen LogP contribution in [0.3, 0.4) is 0 Å². The Kier molecular flexibility index (Phi) is 5.01. The van der Waals surface area contributed by atoms with Gasteiger partial charge in [-0.15, -0.1) is 11.3 Å². The minimum Gasteiger partial charge on any atom is -0.340 e. The number of rotatable bonds is 6. The van der Waals surface area contributed by atoms with Gasteiger partial charge in [0, 0.05) is 18.8 Å². The molecule has 0 saturated heterocycles. The molecule has 6 nitrogen and oxygen atoms in total. The Balaban J connectivity index is 1.68. The molecular formula is C20H20N4O2S2. The normalized spacial score (nSPS) is 11.9. The topological polar surface area (TPSA) is 76.9 Å². The fraction of sp³-hybridized carbons (Fsp3) is 0.200. The van der Waals surface area contributed by atoms with E-state index in [9.17, 15) is 8.42 Å². The second-order valence-electron chi connectivity index (χ2n) is 6.61. The highest BCUT2D eigenvalue weighted by Crippen LogP contribution is 2.27. The molecule has 0 amide bonds. The number of sulfonamides is 1. The van der Waals surface area contributed by atoms with Crippen molar-refractivity contribution >= 4 is 31.6 Å². The van der Waals surface area contributed by atoms with Crippen LogP contribution in [0.1, 0.15) is 11.1 Å². The minimum atomic E-state index is -3.52. The first-order valence-electron chi connectivity index (χ1n) is 8.83. The lowest BCUT2D eigenvalue weighted by Crippen LogP contribution is -2.18. The molecule has 0 unspecified atom stereocenters. The second-order valence-corrected chi connectivity index (χ2v) is 9.38. The van der Waals surface area contributed by atoms with Gasteiger partial charge in [-0.05, 0) is 55.3 Å². The Labute approximate surface area is 167 Å². The summed E-state index contributed by atoms with van der Waals surface area (Å²) in [7, 11) is -0.204. The van der Waals surface area contributed by atoms with E-state index in [0.717, 1.165) is 35.2 Å². The predicted molar refractivity (Wildman–Crippen MR) is 112 cm³/mol. The molecule has 0 aliphatic rings. The monoisotopic (exact) mass is 412 g/mol. The molecule has 1 N–H and O–H groups in total. The highest BCUT2D eigenvalue weighted by atomic mass is 32.2. The average Bonchev–Trinajstić information content (AvgIpc) is 3.34. The summed E-state index contributed by atoms with van der Waals surface area (Å²) in [5.74, 6) is 0. The zero-order chi connectivity index (χ0) is 19.7. The highest BCUT2D eigenvalue weighted by Gasteiger charge is 2.16. The van der Waals surface area contributed by atoms with Crippen LogP contribution in [0.25, 0.3) is 21.5 Å². The number of thiazole rings is 1. The van der Waals surface area contributed by atoms with Gasteiger partial charge in [0.1, 0.15) is 0 Å². The molecule has 0 aliphatic heterocycles. The van der Waals surface area contributed by atoms with Gasteiger partial charge in [-0.25, -0.2) is 23.1 Å². The fourth-order valence-electron chi connectivity index (χ4n) is 3.19. The first-order valence-corrected chi connectivity index (χ1v) is 11.2. The van der Waals surface area contributed by atoms with Crippen LogP contribution in [-0.4, -0.2) is 30.0 Å². The molecule has 0 bridgehead atoms. The summed E-state index contributed by atoms with van der Waals surface area (Å²) in [5.41, 5.74) is 6.74. The minimum absolute atomic E-state index is 0.239. The third-order valence-corrected chi connectivity index (χ3v) is 6.94. The summed E-state index contributed by atoms with van der Waals surface area (Å²) in [6, 6.07) is 11.6. The Morgan fingerprint density at radius 1 is 1.11 bits per heavy atom. The zero-order valence-electron chi connectivity index (χ0n) is 15.6. The van der Waals surface area contributed by atoms with Gasteiger partial charge in [0.2, 0.25) is 10.0 Å². The van der Waals surface area contributed by atoms with Crippen molar-refractivity contribution in [1.82, 2.24) is 19.3 Å². The summed E-state index contributed by atoms with van der Waals surface area (Å²) in [6.45, 7) is 0. The molecule has 2 heterocycles. The van der Waals surface area contributed by atoms with Gasteiger partial charge in [0.25, 0.3) is 0 Å². The summed E-state index contributed by atoms with van der Waals surface area (Å²) >= 11 is 1.63. The van der Waals surface area contributed by atoms with Crippen molar-refractivity contribution < 1.29 is 8.42 Å². The van der Waals surface area contributed by atoms with Gasteiger partial charge < -0.3 is 4.57 Å². The van der Waals surface area contributed by atoms with E-state index in [4.69, 9.17) is 0 Å². The average molecular weight is 413 g/mol. The molecule has 0 fully saturated rings. The molecule has 0 saturated carbocycles. The van der Waals surface area contributed by atoms with Crippen molar-refractivity contribution in [2.75, 3.05) is 7.05 Å². The first-order chi connectivity index (χ1) is 13.5. The van der Waals surface area contributed by atoms with Gasteiger partial charge >= 0.3 is 0 Å². The van der Waals surface area contributed by atoms with E-state index in [1.165, 1.54) is 17.3 Å². The number of aryl methyl sites for hydroxylation is 3. The van der Waals surface area contributed by atoms with E-state index in [1.54, 1.807) is 29.8 Å². The SMILES string of the molecule is CNS(=O)(=O)c1ccc(CCc2ccc3scnc3c2)c(-c2cn(C)cn2)c1. The Bertz CT molecular complexity index is 1240. The molecule has 8 heteroatoms. The summed E-state index contributed by atoms with van der Waals surface area (Å²) < 4.78 is 29.9. The number of hydrogen-bond acceptors (Lipinski definition) is 5. The summed E-state index contributed by atoms with van der Waals surface area (Å²) in [4.78, 5) is 9.05. The van der Waals surface area contributed by atoms with E-state index < -0.39 is 10.0 Å². The predicted octanol–water partition coefficient (Wildman–Crippen LogP) is 3.39. The van der Waals surface area contributed by atoms with Gasteiger partial charge in [-0.1, -0.05) is 12.1 Å². The van der Waals surface area contributed by atoms with E-state index in [0.29, 0.717) is 0 Å². The quantitative estimate of drug-likeness (QED) is 0.527. The molecule has 2 aromatic heterocycles. The maximum atomic E-state index is 12.2. The molecular weight excluding hydrogens is 392 g/mol. The van der Waals surface area contributed by atoms with Crippen LogP contribution in [-0.2, 0) is 29.9 Å². The number of imidazole rings is 1. The van der Waals surface area contributed by atoms with Gasteiger partial charge in [-0.2, -0.15) is 0 Å². The van der Waals surface area contributed by atoms with Crippen molar-refractivity contribution in [3.05, 3.63) is 65.6 Å². The van der Waals surface area contributed by atoms with Crippen molar-refractivity contribution in [2.45, 2.75) is 17.7 Å². The second kappa shape index (κ2) is 7.46. The number of aromatic nitrogens is 3. The molecule has 2 aromatic carbocycles. The van der Waals surface area contributed by atoms with Gasteiger partial charge in [0.05, 0.1) is 32.6 Å². The number of hydrogen-bond donors (Lipinski definition) is 1. The van der Waals surface area contributed by atoms with Crippen LogP contribution >= 0.6 is 11.3 Å². The van der Waals surface area contributed by atoms with Crippen LogP contribution < -0.4 is 4.72 Å². The molecule has 4 aromatic rings.